The van der Waals surface area contributed by atoms with Gasteiger partial charge in [0, 0.05) is 5.69 Å². The van der Waals surface area contributed by atoms with Gasteiger partial charge in [0.2, 0.25) is 0 Å². The molecule has 2 saturated heterocycles. The highest BCUT2D eigenvalue weighted by Crippen LogP contribution is 2.19. The number of anilines is 1. The second-order valence-corrected chi connectivity index (χ2v) is 9.59. The number of quaternary nitrogens is 1. The minimum atomic E-state index is -3.14. The van der Waals surface area contributed by atoms with Gasteiger partial charge in [-0.3, -0.25) is 4.79 Å². The Morgan fingerprint density at radius 1 is 1.27 bits per heavy atom. The smallest absolute Gasteiger partial charge is 0.275 e. The van der Waals surface area contributed by atoms with Crippen LogP contribution in [0.3, 0.4) is 0 Å². The van der Waals surface area contributed by atoms with Crippen molar-refractivity contribution >= 4 is 33.0 Å². The molecule has 1 aromatic rings. The summed E-state index contributed by atoms with van der Waals surface area (Å²) in [4.78, 5) is 15.7. The summed E-state index contributed by atoms with van der Waals surface area (Å²) in [6.45, 7) is 3.78. The Hall–Kier alpha value is -1.51. The van der Waals surface area contributed by atoms with Gasteiger partial charge < -0.3 is 19.9 Å². The number of carbonyl (C=O) groups is 1. The van der Waals surface area contributed by atoms with E-state index in [0.717, 1.165) is 37.6 Å². The highest BCUT2D eigenvalue weighted by atomic mass is 35.5. The molecule has 1 aromatic carbocycles. The van der Waals surface area contributed by atoms with Crippen molar-refractivity contribution in [3.8, 4) is 5.75 Å². The number of sulfone groups is 1. The Morgan fingerprint density at radius 2 is 1.92 bits per heavy atom. The van der Waals surface area contributed by atoms with Gasteiger partial charge in [-0.15, -0.1) is 11.6 Å². The number of halogens is 1. The lowest BCUT2D eigenvalue weighted by molar-refractivity contribution is -0.892. The quantitative estimate of drug-likeness (QED) is 0.612. The van der Waals surface area contributed by atoms with Crippen molar-refractivity contribution in [2.24, 2.45) is 0 Å². The molecule has 0 saturated carbocycles. The first-order valence-corrected chi connectivity index (χ1v) is 11.0. The maximum atomic E-state index is 12.2. The molecule has 3 rings (SSSR count). The van der Waals surface area contributed by atoms with Crippen molar-refractivity contribution in [3.63, 3.8) is 0 Å². The van der Waals surface area contributed by atoms with Crippen LogP contribution >= 0.6 is 11.6 Å². The van der Waals surface area contributed by atoms with Gasteiger partial charge in [-0.25, -0.2) is 8.42 Å². The molecule has 2 aliphatic rings. The Bertz CT molecular complexity index is 733. The summed E-state index contributed by atoms with van der Waals surface area (Å²) in [6, 6.07) is 7.49. The summed E-state index contributed by atoms with van der Waals surface area (Å²) in [5.41, 5.74) is 1.15. The number of alkyl halides is 1. The maximum absolute atomic E-state index is 12.2. The molecule has 0 unspecified atom stereocenters. The number of nitrogens with one attached hydrogen (secondary N) is 2. The summed E-state index contributed by atoms with van der Waals surface area (Å²) in [6.07, 6.45) is 0. The standard InChI is InChI=1S/C17H24ClN3O4S/c1-25-14-4-2-13(3-5-14)21-8-6-20(7-9-21)10-17(22)19-16-12-26(23,24)11-15(16)18/h2-5,15-16H,6-12H2,1H3,(H,19,22)/p+1/t15-,16+/m1/s1. The van der Waals surface area contributed by atoms with Gasteiger partial charge in [-0.2, -0.15) is 0 Å². The van der Waals surface area contributed by atoms with E-state index in [2.05, 4.69) is 10.2 Å². The monoisotopic (exact) mass is 402 g/mol. The molecule has 0 radical (unpaired) electrons. The van der Waals surface area contributed by atoms with Gasteiger partial charge in [0.1, 0.15) is 5.75 Å². The van der Waals surface area contributed by atoms with Gasteiger partial charge >= 0.3 is 0 Å². The molecule has 7 nitrogen and oxygen atoms in total. The molecular formula is C17H25ClN3O4S+. The molecule has 0 aromatic heterocycles. The van der Waals surface area contributed by atoms with E-state index in [-0.39, 0.29) is 17.4 Å². The van der Waals surface area contributed by atoms with E-state index in [0.29, 0.717) is 6.54 Å². The van der Waals surface area contributed by atoms with E-state index in [1.165, 1.54) is 4.90 Å². The fourth-order valence-electron chi connectivity index (χ4n) is 3.47. The van der Waals surface area contributed by atoms with Crippen molar-refractivity contribution in [3.05, 3.63) is 24.3 Å². The molecule has 26 heavy (non-hydrogen) atoms. The van der Waals surface area contributed by atoms with Gasteiger partial charge in [0.15, 0.2) is 16.4 Å². The summed E-state index contributed by atoms with van der Waals surface area (Å²) < 4.78 is 28.3. The van der Waals surface area contributed by atoms with Crippen molar-refractivity contribution in [2.75, 3.05) is 56.2 Å². The third-order valence-corrected chi connectivity index (χ3v) is 7.32. The zero-order valence-electron chi connectivity index (χ0n) is 14.8. The number of rotatable bonds is 5. The molecule has 2 atom stereocenters. The van der Waals surface area contributed by atoms with Gasteiger partial charge in [0.25, 0.3) is 5.91 Å². The lowest BCUT2D eigenvalue weighted by Gasteiger charge is -2.33. The number of carbonyl (C=O) groups excluding carboxylic acids is 1. The lowest BCUT2D eigenvalue weighted by atomic mass is 10.2. The van der Waals surface area contributed by atoms with Crippen LogP contribution in [0.25, 0.3) is 0 Å². The Morgan fingerprint density at radius 3 is 2.46 bits per heavy atom. The van der Waals surface area contributed by atoms with Crippen LogP contribution in [0, 0.1) is 0 Å². The van der Waals surface area contributed by atoms with Crippen LogP contribution in [0.2, 0.25) is 0 Å². The minimum Gasteiger partial charge on any atom is -0.497 e. The molecule has 9 heteroatoms. The number of nitrogens with zero attached hydrogens (tertiary/aromatic N) is 1. The number of hydrogen-bond acceptors (Lipinski definition) is 5. The van der Waals surface area contributed by atoms with Crippen molar-refractivity contribution in [2.45, 2.75) is 11.4 Å². The van der Waals surface area contributed by atoms with Crippen LogP contribution in [0.5, 0.6) is 5.75 Å². The second kappa shape index (κ2) is 8.02. The Kier molecular flexibility index (Phi) is 5.94. The third kappa shape index (κ3) is 4.81. The maximum Gasteiger partial charge on any atom is 0.275 e. The van der Waals surface area contributed by atoms with Crippen LogP contribution in [0.1, 0.15) is 0 Å². The summed E-state index contributed by atoms with van der Waals surface area (Å²) in [7, 11) is -1.49. The topological polar surface area (TPSA) is 80.2 Å². The third-order valence-electron chi connectivity index (χ3n) is 4.95. The molecule has 0 spiro atoms. The Labute approximate surface area is 159 Å². The highest BCUT2D eigenvalue weighted by Gasteiger charge is 2.37. The van der Waals surface area contributed by atoms with E-state index in [4.69, 9.17) is 16.3 Å². The number of benzene rings is 1. The number of ether oxygens (including phenoxy) is 1. The Balaban J connectivity index is 1.45. The van der Waals surface area contributed by atoms with Crippen molar-refractivity contribution in [1.82, 2.24) is 5.32 Å². The van der Waals surface area contributed by atoms with E-state index < -0.39 is 21.3 Å². The van der Waals surface area contributed by atoms with Crippen LogP contribution in [-0.4, -0.2) is 77.1 Å². The molecular weight excluding hydrogens is 378 g/mol. The summed E-state index contributed by atoms with van der Waals surface area (Å²) in [5, 5.41) is 2.25. The molecule has 1 amide bonds. The molecule has 2 fully saturated rings. The van der Waals surface area contributed by atoms with Gasteiger partial charge in [-0.05, 0) is 24.3 Å². The minimum absolute atomic E-state index is 0.0620. The molecule has 0 bridgehead atoms. The van der Waals surface area contributed by atoms with E-state index in [9.17, 15) is 13.2 Å². The van der Waals surface area contributed by atoms with Gasteiger partial charge in [-0.1, -0.05) is 0 Å². The average Bonchev–Trinajstić information content (AvgIpc) is 2.87. The zero-order valence-corrected chi connectivity index (χ0v) is 16.4. The summed E-state index contributed by atoms with van der Waals surface area (Å²) in [5.74, 6) is 0.576. The van der Waals surface area contributed by atoms with Crippen LogP contribution in [0.4, 0.5) is 5.69 Å². The molecule has 144 valence electrons. The first-order chi connectivity index (χ1) is 12.4. The fourth-order valence-corrected chi connectivity index (χ4v) is 6.02. The first-order valence-electron chi connectivity index (χ1n) is 8.73. The average molecular weight is 403 g/mol. The molecule has 2 aliphatic heterocycles. The summed E-state index contributed by atoms with van der Waals surface area (Å²) >= 11 is 6.04. The fraction of sp³-hybridized carbons (Fsp3) is 0.588. The van der Waals surface area contributed by atoms with Crippen LogP contribution in [-0.2, 0) is 14.6 Å². The van der Waals surface area contributed by atoms with Crippen LogP contribution < -0.4 is 19.9 Å². The predicted molar refractivity (Wildman–Crippen MR) is 101 cm³/mol. The van der Waals surface area contributed by atoms with Crippen molar-refractivity contribution < 1.29 is 22.8 Å². The van der Waals surface area contributed by atoms with E-state index in [1.807, 2.05) is 24.3 Å². The number of piperazine rings is 1. The first kappa shape index (κ1) is 19.3. The number of amides is 1. The van der Waals surface area contributed by atoms with Crippen LogP contribution in [0.15, 0.2) is 24.3 Å². The highest BCUT2D eigenvalue weighted by molar-refractivity contribution is 7.91. The largest absolute Gasteiger partial charge is 0.497 e. The SMILES string of the molecule is COc1ccc(N2CC[NH+](CC(=O)N[C@H]3CS(=O)(=O)C[C@H]3Cl)CC2)cc1. The second-order valence-electron chi connectivity index (χ2n) is 6.88. The van der Waals surface area contributed by atoms with Gasteiger partial charge in [0.05, 0.1) is 56.2 Å². The van der Waals surface area contributed by atoms with Crippen molar-refractivity contribution in [1.29, 1.82) is 0 Å². The van der Waals surface area contributed by atoms with E-state index >= 15 is 0 Å². The molecule has 2 N–H and O–H groups in total. The number of hydrogen-bond donors (Lipinski definition) is 2. The number of methoxy groups -OCH3 is 1. The normalized spacial score (nSPS) is 25.8. The lowest BCUT2D eigenvalue weighted by Crippen LogP contribution is -3.16. The van der Waals surface area contributed by atoms with E-state index in [1.54, 1.807) is 7.11 Å². The molecule has 0 aliphatic carbocycles. The molecule has 2 heterocycles. The zero-order chi connectivity index (χ0) is 18.7. The predicted octanol–water partition coefficient (Wildman–Crippen LogP) is -1.08.